The Balaban J connectivity index is 2.28. The maximum Gasteiger partial charge on any atom is 0.305 e. The van der Waals surface area contributed by atoms with Crippen LogP contribution in [0.1, 0.15) is 297 Å². The third-order valence-electron chi connectivity index (χ3n) is 13.2. The van der Waals surface area contributed by atoms with E-state index in [0.717, 1.165) is 70.6 Å². The number of hydrogen-bond acceptors (Lipinski definition) is 6. The molecule has 1 aliphatic rings. The molecule has 6 heteroatoms. The molecule has 0 N–H and O–H groups in total. The summed E-state index contributed by atoms with van der Waals surface area (Å²) in [4.78, 5) is 38.5. The smallest absolute Gasteiger partial charge is 0.305 e. The zero-order valence-electron chi connectivity index (χ0n) is 42.8. The predicted molar refractivity (Wildman–Crippen MR) is 273 cm³/mol. The minimum Gasteiger partial charge on any atom is -0.465 e. The Bertz CT molecular complexity index is 1100. The van der Waals surface area contributed by atoms with Gasteiger partial charge in [0.2, 0.25) is 0 Å². The van der Waals surface area contributed by atoms with E-state index in [1.165, 1.54) is 180 Å². The van der Waals surface area contributed by atoms with Gasteiger partial charge in [-0.2, -0.15) is 0 Å². The summed E-state index contributed by atoms with van der Waals surface area (Å²) in [6.45, 7) is 7.08. The summed E-state index contributed by atoms with van der Waals surface area (Å²) >= 11 is 0. The second kappa shape index (κ2) is 47.5. The van der Waals surface area contributed by atoms with Gasteiger partial charge < -0.3 is 14.2 Å². The molecule has 3 atom stereocenters. The van der Waals surface area contributed by atoms with Gasteiger partial charge in [0.25, 0.3) is 0 Å². The van der Waals surface area contributed by atoms with E-state index in [4.69, 9.17) is 14.2 Å². The van der Waals surface area contributed by atoms with Crippen molar-refractivity contribution in [3.8, 4) is 0 Å². The van der Waals surface area contributed by atoms with Crippen LogP contribution >= 0.6 is 0 Å². The highest BCUT2D eigenvalue weighted by Crippen LogP contribution is 2.32. The Morgan fingerprint density at radius 2 is 0.688 bits per heavy atom. The molecule has 6 nitrogen and oxygen atoms in total. The first-order chi connectivity index (χ1) is 31.5. The Labute approximate surface area is 397 Å². The molecule has 1 saturated heterocycles. The minimum absolute atomic E-state index is 0.138. The fourth-order valence-corrected chi connectivity index (χ4v) is 8.85. The molecule has 1 heterocycles. The van der Waals surface area contributed by atoms with Crippen molar-refractivity contribution >= 4 is 17.7 Å². The molecule has 64 heavy (non-hydrogen) atoms. The normalized spacial score (nSPS) is 15.4. The van der Waals surface area contributed by atoms with Gasteiger partial charge in [0, 0.05) is 31.6 Å². The first-order valence-electron chi connectivity index (χ1n) is 28.3. The van der Waals surface area contributed by atoms with Gasteiger partial charge in [0.1, 0.15) is 5.78 Å². The number of unbranched alkanes of at least 4 members (excludes halogenated alkanes) is 31. The van der Waals surface area contributed by atoms with Crippen LogP contribution in [0.15, 0.2) is 24.3 Å². The molecule has 0 aromatic carbocycles. The Morgan fingerprint density at radius 3 is 1.05 bits per heavy atom. The van der Waals surface area contributed by atoms with Gasteiger partial charge in [-0.3, -0.25) is 14.4 Å². The molecule has 0 aromatic heterocycles. The maximum absolute atomic E-state index is 13.1. The number of carbonyl (C=O) groups is 3. The number of ether oxygens (including phenoxy) is 3. The summed E-state index contributed by atoms with van der Waals surface area (Å²) in [6.07, 6.45) is 59.7. The van der Waals surface area contributed by atoms with Crippen LogP contribution in [0.5, 0.6) is 0 Å². The molecule has 0 radical (unpaired) electrons. The van der Waals surface area contributed by atoms with Gasteiger partial charge in [-0.1, -0.05) is 212 Å². The van der Waals surface area contributed by atoms with Gasteiger partial charge in [-0.05, 0) is 83.5 Å². The number of carbonyl (C=O) groups excluding carboxylic acids is 3. The van der Waals surface area contributed by atoms with Crippen molar-refractivity contribution in [1.29, 1.82) is 0 Å². The number of Topliss-reactive ketones (excluding diaryl/α,β-unsaturated/α-hetero) is 1. The monoisotopic (exact) mass is 899 g/mol. The fourth-order valence-electron chi connectivity index (χ4n) is 8.85. The molecule has 0 aliphatic carbocycles. The van der Waals surface area contributed by atoms with E-state index in [9.17, 15) is 14.4 Å². The van der Waals surface area contributed by atoms with Gasteiger partial charge >= 0.3 is 11.9 Å². The van der Waals surface area contributed by atoms with E-state index >= 15 is 0 Å². The van der Waals surface area contributed by atoms with Crippen LogP contribution in [0.3, 0.4) is 0 Å². The van der Waals surface area contributed by atoms with Crippen molar-refractivity contribution in [1.82, 2.24) is 0 Å². The number of epoxide rings is 1. The van der Waals surface area contributed by atoms with Crippen molar-refractivity contribution in [3.63, 3.8) is 0 Å². The van der Waals surface area contributed by atoms with E-state index in [2.05, 4.69) is 45.1 Å². The molecule has 0 bridgehead atoms. The lowest BCUT2D eigenvalue weighted by atomic mass is 10.00. The van der Waals surface area contributed by atoms with Crippen molar-refractivity contribution < 1.29 is 28.6 Å². The molecule has 0 saturated carbocycles. The number of esters is 2. The van der Waals surface area contributed by atoms with Crippen molar-refractivity contribution in [2.45, 2.75) is 309 Å². The molecule has 0 amide bonds. The number of ketones is 1. The molecular formula is C58H106O6. The van der Waals surface area contributed by atoms with Gasteiger partial charge in [-0.25, -0.2) is 0 Å². The van der Waals surface area contributed by atoms with Crippen LogP contribution in [-0.2, 0) is 28.6 Å². The molecular weight excluding hydrogens is 793 g/mol. The van der Waals surface area contributed by atoms with Crippen molar-refractivity contribution in [2.75, 3.05) is 13.2 Å². The first-order valence-corrected chi connectivity index (χ1v) is 28.3. The fraction of sp³-hybridized carbons (Fsp3) is 0.879. The topological polar surface area (TPSA) is 82.2 Å². The Morgan fingerprint density at radius 1 is 0.391 bits per heavy atom. The third kappa shape index (κ3) is 42.7. The average Bonchev–Trinajstić information content (AvgIpc) is 4.05. The standard InChI is InChI=1S/C58H106O6/c1-4-7-10-13-16-18-20-22-24-26-28-30-32-35-40-45-54(59)50-53(51-62-57(60)48-43-38-33-31-29-27-25-23-21-19-17-14-11-8-5-2)52-63-58(61)49-44-39-34-37-42-47-56-55(64-56)46-41-36-15-12-9-6-3/h22-25,53,55-56H,4-21,26-52H2,1-3H3/b24-22-,25-23-. The van der Waals surface area contributed by atoms with Crippen LogP contribution in [0.2, 0.25) is 0 Å². The average molecular weight is 899 g/mol. The Kier molecular flexibility index (Phi) is 44.6. The summed E-state index contributed by atoms with van der Waals surface area (Å²) in [6, 6.07) is 0. The lowest BCUT2D eigenvalue weighted by Crippen LogP contribution is -2.23. The van der Waals surface area contributed by atoms with Crippen LogP contribution < -0.4 is 0 Å². The van der Waals surface area contributed by atoms with E-state index in [1.54, 1.807) is 0 Å². The Hall–Kier alpha value is -1.95. The summed E-state index contributed by atoms with van der Waals surface area (Å²) in [5.74, 6) is -0.525. The van der Waals surface area contributed by atoms with E-state index in [-0.39, 0.29) is 36.9 Å². The van der Waals surface area contributed by atoms with Crippen molar-refractivity contribution in [2.24, 2.45) is 5.92 Å². The van der Waals surface area contributed by atoms with Crippen molar-refractivity contribution in [3.05, 3.63) is 24.3 Å². The first kappa shape index (κ1) is 60.1. The highest BCUT2D eigenvalue weighted by Gasteiger charge is 2.36. The lowest BCUT2D eigenvalue weighted by molar-refractivity contribution is -0.150. The van der Waals surface area contributed by atoms with Gasteiger partial charge in [-0.15, -0.1) is 0 Å². The summed E-state index contributed by atoms with van der Waals surface area (Å²) in [7, 11) is 0. The minimum atomic E-state index is -0.285. The van der Waals surface area contributed by atoms with E-state index < -0.39 is 0 Å². The third-order valence-corrected chi connectivity index (χ3v) is 13.2. The van der Waals surface area contributed by atoms with Gasteiger partial charge in [0.15, 0.2) is 0 Å². The van der Waals surface area contributed by atoms with Crippen LogP contribution in [-0.4, -0.2) is 43.1 Å². The molecule has 374 valence electrons. The summed E-state index contributed by atoms with van der Waals surface area (Å²) in [5, 5.41) is 0. The quantitative estimate of drug-likeness (QED) is 0.0262. The zero-order chi connectivity index (χ0) is 46.2. The summed E-state index contributed by atoms with van der Waals surface area (Å²) < 4.78 is 17.3. The number of rotatable bonds is 51. The maximum atomic E-state index is 13.1. The summed E-state index contributed by atoms with van der Waals surface area (Å²) in [5.41, 5.74) is 0. The lowest BCUT2D eigenvalue weighted by Gasteiger charge is -2.17. The molecule has 3 unspecified atom stereocenters. The second-order valence-corrected chi connectivity index (χ2v) is 19.7. The van der Waals surface area contributed by atoms with Crippen LogP contribution in [0, 0.1) is 5.92 Å². The van der Waals surface area contributed by atoms with Gasteiger partial charge in [0.05, 0.1) is 25.4 Å². The molecule has 0 spiro atoms. The van der Waals surface area contributed by atoms with Crippen LogP contribution in [0.25, 0.3) is 0 Å². The molecule has 1 fully saturated rings. The largest absolute Gasteiger partial charge is 0.465 e. The molecule has 0 aromatic rings. The van der Waals surface area contributed by atoms with E-state index in [1.807, 2.05) is 0 Å². The second-order valence-electron chi connectivity index (χ2n) is 19.7. The number of allylic oxidation sites excluding steroid dienone is 4. The van der Waals surface area contributed by atoms with E-state index in [0.29, 0.717) is 37.9 Å². The highest BCUT2D eigenvalue weighted by atomic mass is 16.6. The molecule has 1 rings (SSSR count). The SMILES string of the molecule is CCCCCCCC/C=C\CCCCCCCC(=O)CC(COC(=O)CCCCCCC/C=C\CCCCCCCC)COC(=O)CCCCCCCC1OC1CCCCCCCC. The zero-order valence-corrected chi connectivity index (χ0v) is 42.8. The van der Waals surface area contributed by atoms with Crippen LogP contribution in [0.4, 0.5) is 0 Å². The highest BCUT2D eigenvalue weighted by molar-refractivity contribution is 5.78. The number of hydrogen-bond donors (Lipinski definition) is 0. The molecule has 1 aliphatic heterocycles. The predicted octanol–water partition coefficient (Wildman–Crippen LogP) is 18.0.